The van der Waals surface area contributed by atoms with Gasteiger partial charge in [0.2, 0.25) is 0 Å². The van der Waals surface area contributed by atoms with Gasteiger partial charge < -0.3 is 10.1 Å². The summed E-state index contributed by atoms with van der Waals surface area (Å²) in [5.74, 6) is 0.766. The molecule has 0 unspecified atom stereocenters. The standard InChI is InChI=1S/C14H31NO/c1-4-5-8-11-16-12-9-6-7-10-15-13-14(2)3/h14-15H,4-13H2,1-3H3. The normalized spacial score (nSPS) is 11.2. The lowest BCUT2D eigenvalue weighted by atomic mass is 10.2. The average Bonchev–Trinajstić information content (AvgIpc) is 2.25. The van der Waals surface area contributed by atoms with Crippen molar-refractivity contribution in [2.75, 3.05) is 26.3 Å². The lowest BCUT2D eigenvalue weighted by molar-refractivity contribution is 0.126. The number of unbranched alkanes of at least 4 members (excludes halogenated alkanes) is 4. The van der Waals surface area contributed by atoms with Crippen LogP contribution in [0.3, 0.4) is 0 Å². The second-order valence-electron chi connectivity index (χ2n) is 4.98. The molecule has 0 radical (unpaired) electrons. The van der Waals surface area contributed by atoms with E-state index < -0.39 is 0 Å². The maximum atomic E-state index is 5.56. The van der Waals surface area contributed by atoms with Gasteiger partial charge in [0, 0.05) is 13.2 Å². The highest BCUT2D eigenvalue weighted by molar-refractivity contribution is 4.51. The lowest BCUT2D eigenvalue weighted by Crippen LogP contribution is -2.20. The minimum Gasteiger partial charge on any atom is -0.381 e. The Morgan fingerprint density at radius 1 is 0.938 bits per heavy atom. The molecule has 16 heavy (non-hydrogen) atoms. The zero-order chi connectivity index (χ0) is 12.1. The van der Waals surface area contributed by atoms with Crippen LogP contribution in [-0.2, 0) is 4.74 Å². The molecule has 0 aliphatic carbocycles. The Labute approximate surface area is 102 Å². The van der Waals surface area contributed by atoms with Crippen LogP contribution in [0.15, 0.2) is 0 Å². The van der Waals surface area contributed by atoms with Gasteiger partial charge in [-0.3, -0.25) is 0 Å². The van der Waals surface area contributed by atoms with E-state index in [4.69, 9.17) is 4.74 Å². The van der Waals surface area contributed by atoms with Gasteiger partial charge in [0.15, 0.2) is 0 Å². The Balaban J connectivity index is 2.88. The quantitative estimate of drug-likeness (QED) is 0.516. The van der Waals surface area contributed by atoms with Crippen LogP contribution in [0.5, 0.6) is 0 Å². The van der Waals surface area contributed by atoms with E-state index in [2.05, 4.69) is 26.1 Å². The molecule has 1 N–H and O–H groups in total. The van der Waals surface area contributed by atoms with Crippen LogP contribution in [0.2, 0.25) is 0 Å². The van der Waals surface area contributed by atoms with E-state index in [1.807, 2.05) is 0 Å². The van der Waals surface area contributed by atoms with Crippen molar-refractivity contribution in [1.82, 2.24) is 5.32 Å². The molecular weight excluding hydrogens is 198 g/mol. The molecule has 0 aromatic rings. The molecule has 2 nitrogen and oxygen atoms in total. The molecule has 0 atom stereocenters. The van der Waals surface area contributed by atoms with Crippen LogP contribution in [0, 0.1) is 5.92 Å². The van der Waals surface area contributed by atoms with Crippen molar-refractivity contribution in [2.24, 2.45) is 5.92 Å². The van der Waals surface area contributed by atoms with Crippen molar-refractivity contribution < 1.29 is 4.74 Å². The minimum absolute atomic E-state index is 0.766. The van der Waals surface area contributed by atoms with Crippen molar-refractivity contribution in [3.05, 3.63) is 0 Å². The van der Waals surface area contributed by atoms with Gasteiger partial charge in [-0.2, -0.15) is 0 Å². The highest BCUT2D eigenvalue weighted by atomic mass is 16.5. The smallest absolute Gasteiger partial charge is 0.0466 e. The predicted molar refractivity (Wildman–Crippen MR) is 71.9 cm³/mol. The first-order chi connectivity index (χ1) is 7.77. The van der Waals surface area contributed by atoms with E-state index in [9.17, 15) is 0 Å². The summed E-state index contributed by atoms with van der Waals surface area (Å²) in [4.78, 5) is 0. The number of rotatable bonds is 12. The van der Waals surface area contributed by atoms with Gasteiger partial charge in [-0.25, -0.2) is 0 Å². The highest BCUT2D eigenvalue weighted by Crippen LogP contribution is 1.98. The summed E-state index contributed by atoms with van der Waals surface area (Å²) in [7, 11) is 0. The van der Waals surface area contributed by atoms with Crippen LogP contribution in [0.25, 0.3) is 0 Å². The molecule has 0 amide bonds. The summed E-state index contributed by atoms with van der Waals surface area (Å²) in [5, 5.41) is 3.46. The predicted octanol–water partition coefficient (Wildman–Crippen LogP) is 3.61. The average molecular weight is 229 g/mol. The highest BCUT2D eigenvalue weighted by Gasteiger charge is 1.93. The molecule has 0 bridgehead atoms. The molecule has 0 fully saturated rings. The molecule has 0 aliphatic rings. The van der Waals surface area contributed by atoms with Gasteiger partial charge in [0.05, 0.1) is 0 Å². The fourth-order valence-corrected chi connectivity index (χ4v) is 1.58. The van der Waals surface area contributed by atoms with E-state index >= 15 is 0 Å². The van der Waals surface area contributed by atoms with E-state index in [0.717, 1.165) is 32.2 Å². The molecular formula is C14H31NO. The molecule has 0 saturated carbocycles. The second kappa shape index (κ2) is 13.0. The molecule has 0 aromatic carbocycles. The van der Waals surface area contributed by atoms with Crippen molar-refractivity contribution in [1.29, 1.82) is 0 Å². The first-order valence-corrected chi connectivity index (χ1v) is 7.05. The summed E-state index contributed by atoms with van der Waals surface area (Å²) in [6.07, 6.45) is 7.61. The van der Waals surface area contributed by atoms with E-state index in [0.29, 0.717) is 0 Å². The van der Waals surface area contributed by atoms with Gasteiger partial charge in [-0.15, -0.1) is 0 Å². The van der Waals surface area contributed by atoms with Crippen LogP contribution in [0.4, 0.5) is 0 Å². The minimum atomic E-state index is 0.766. The van der Waals surface area contributed by atoms with Crippen LogP contribution >= 0.6 is 0 Å². The molecule has 2 heteroatoms. The third kappa shape index (κ3) is 13.9. The maximum Gasteiger partial charge on any atom is 0.0466 e. The zero-order valence-electron chi connectivity index (χ0n) is 11.6. The zero-order valence-corrected chi connectivity index (χ0v) is 11.6. The van der Waals surface area contributed by atoms with Crippen molar-refractivity contribution in [3.63, 3.8) is 0 Å². The van der Waals surface area contributed by atoms with Gasteiger partial charge in [0.1, 0.15) is 0 Å². The summed E-state index contributed by atoms with van der Waals surface area (Å²) in [6.45, 7) is 10.9. The summed E-state index contributed by atoms with van der Waals surface area (Å²) in [5.41, 5.74) is 0. The maximum absolute atomic E-state index is 5.56. The van der Waals surface area contributed by atoms with Crippen molar-refractivity contribution in [2.45, 2.75) is 59.3 Å². The Kier molecular flexibility index (Phi) is 12.9. The topological polar surface area (TPSA) is 21.3 Å². The Bertz CT molecular complexity index is 126. The summed E-state index contributed by atoms with van der Waals surface area (Å²) in [6, 6.07) is 0. The first kappa shape index (κ1) is 15.9. The van der Waals surface area contributed by atoms with Crippen LogP contribution in [0.1, 0.15) is 59.3 Å². The second-order valence-corrected chi connectivity index (χ2v) is 4.98. The summed E-state index contributed by atoms with van der Waals surface area (Å²) >= 11 is 0. The van der Waals surface area contributed by atoms with Gasteiger partial charge in [0.25, 0.3) is 0 Å². The van der Waals surface area contributed by atoms with Crippen LogP contribution < -0.4 is 5.32 Å². The number of hydrogen-bond donors (Lipinski definition) is 1. The molecule has 0 aliphatic heterocycles. The van der Waals surface area contributed by atoms with Crippen molar-refractivity contribution >= 4 is 0 Å². The SMILES string of the molecule is CCCCCOCCCCCNCC(C)C. The molecule has 0 spiro atoms. The molecule has 0 aromatic heterocycles. The van der Waals surface area contributed by atoms with Crippen molar-refractivity contribution in [3.8, 4) is 0 Å². The third-order valence-corrected chi connectivity index (χ3v) is 2.59. The van der Waals surface area contributed by atoms with Crippen LogP contribution in [-0.4, -0.2) is 26.3 Å². The number of hydrogen-bond acceptors (Lipinski definition) is 2. The van der Waals surface area contributed by atoms with Gasteiger partial charge in [-0.1, -0.05) is 33.6 Å². The van der Waals surface area contributed by atoms with E-state index in [1.54, 1.807) is 0 Å². The number of ether oxygens (including phenoxy) is 1. The Morgan fingerprint density at radius 3 is 2.25 bits per heavy atom. The largest absolute Gasteiger partial charge is 0.381 e. The van der Waals surface area contributed by atoms with Gasteiger partial charge >= 0.3 is 0 Å². The fraction of sp³-hybridized carbons (Fsp3) is 1.00. The molecule has 98 valence electrons. The fourth-order valence-electron chi connectivity index (χ4n) is 1.58. The lowest BCUT2D eigenvalue weighted by Gasteiger charge is -2.07. The third-order valence-electron chi connectivity index (χ3n) is 2.59. The summed E-state index contributed by atoms with van der Waals surface area (Å²) < 4.78 is 5.56. The van der Waals surface area contributed by atoms with Gasteiger partial charge in [-0.05, 0) is 44.7 Å². The first-order valence-electron chi connectivity index (χ1n) is 7.05. The van der Waals surface area contributed by atoms with E-state index in [-0.39, 0.29) is 0 Å². The number of nitrogens with one attached hydrogen (secondary N) is 1. The Morgan fingerprint density at radius 2 is 1.62 bits per heavy atom. The molecule has 0 heterocycles. The van der Waals surface area contributed by atoms with E-state index in [1.165, 1.54) is 38.5 Å². The Hall–Kier alpha value is -0.0800. The monoisotopic (exact) mass is 229 g/mol. The molecule has 0 saturated heterocycles. The molecule has 0 rings (SSSR count).